The number of hydrogen-bond donors (Lipinski definition) is 0. The van der Waals surface area contributed by atoms with E-state index in [4.69, 9.17) is 14.0 Å². The summed E-state index contributed by atoms with van der Waals surface area (Å²) in [6.07, 6.45) is 0. The van der Waals surface area contributed by atoms with Gasteiger partial charge in [0.2, 0.25) is 17.5 Å². The van der Waals surface area contributed by atoms with Crippen LogP contribution in [-0.2, 0) is 0 Å². The molecule has 0 bridgehead atoms. The maximum Gasteiger partial charge on any atom is 0.864 e. The lowest BCUT2D eigenvalue weighted by atomic mass is 9.99. The zero-order chi connectivity index (χ0) is 40.9. The fourth-order valence-corrected chi connectivity index (χ4v) is 6.97. The topological polar surface area (TPSA) is 27.7 Å². The van der Waals surface area contributed by atoms with Crippen LogP contribution in [0, 0.1) is 69.8 Å². The van der Waals surface area contributed by atoms with Crippen LogP contribution in [0.5, 0.6) is 17.2 Å². The highest BCUT2D eigenvalue weighted by Crippen LogP contribution is 2.42. The molecule has 288 valence electrons. The van der Waals surface area contributed by atoms with Crippen molar-refractivity contribution in [3.8, 4) is 17.2 Å². The molecule has 0 spiro atoms. The number of halogens is 12. The van der Waals surface area contributed by atoms with Gasteiger partial charge in [-0.3, -0.25) is 0 Å². The zero-order valence-electron chi connectivity index (χ0n) is 28.5. The summed E-state index contributed by atoms with van der Waals surface area (Å²) in [5.74, 6) is -25.0. The van der Waals surface area contributed by atoms with Crippen molar-refractivity contribution in [3.63, 3.8) is 0 Å². The fraction of sp³-hybridized carbons (Fsp3) is 0. The largest absolute Gasteiger partial charge is 0.864 e. The number of hydrogen-bond acceptors (Lipinski definition) is 3. The van der Waals surface area contributed by atoms with Gasteiger partial charge in [-0.15, -0.1) is 0 Å². The lowest BCUT2D eigenvalue weighted by Crippen LogP contribution is -2.38. The monoisotopic (exact) mass is 806 g/mol. The molecule has 16 heteroatoms. The van der Waals surface area contributed by atoms with E-state index in [0.717, 1.165) is 54.6 Å². The van der Waals surface area contributed by atoms with E-state index in [2.05, 4.69) is 0 Å². The number of benzene rings is 9. The highest BCUT2D eigenvalue weighted by atomic mass is 19.2. The maximum absolute atomic E-state index is 15.9. The van der Waals surface area contributed by atoms with E-state index in [-0.39, 0.29) is 32.3 Å². The van der Waals surface area contributed by atoms with Crippen LogP contribution < -0.4 is 14.0 Å². The second-order valence-electron chi connectivity index (χ2n) is 13.0. The van der Waals surface area contributed by atoms with Crippen molar-refractivity contribution in [2.24, 2.45) is 0 Å². The molecule has 58 heavy (non-hydrogen) atoms. The molecule has 0 amide bonds. The van der Waals surface area contributed by atoms with Crippen LogP contribution in [0.4, 0.5) is 52.7 Å². The standard InChI is InChI=1S/C42H15BF12O3/c44-28-7-1-4-16-10-25-22(13-19(16)28)31(47)34(50)37(53)40(25)56-43(57-41-26-11-17-5-2-8-29(45)20(17)14-23(26)32(48)35(51)38(41)54)58-42-27-12-18-6-3-9-30(46)21(18)15-24(27)33(49)36(52)39(42)55/h1-15H. The summed E-state index contributed by atoms with van der Waals surface area (Å²) < 4.78 is 200. The third-order valence-corrected chi connectivity index (χ3v) is 9.74. The minimum Gasteiger partial charge on any atom is -0.486 e. The Balaban J connectivity index is 1.31. The Hall–Kier alpha value is -6.84. The zero-order valence-corrected chi connectivity index (χ0v) is 28.5. The van der Waals surface area contributed by atoms with Crippen molar-refractivity contribution >= 4 is 72.0 Å². The first-order valence-electron chi connectivity index (χ1n) is 16.8. The summed E-state index contributed by atoms with van der Waals surface area (Å²) in [6, 6.07) is 15.9. The normalized spacial score (nSPS) is 11.8. The molecule has 0 aliphatic heterocycles. The molecule has 3 nitrogen and oxygen atoms in total. The van der Waals surface area contributed by atoms with E-state index in [1.54, 1.807) is 0 Å². The van der Waals surface area contributed by atoms with Crippen molar-refractivity contribution in [3.05, 3.63) is 161 Å². The molecular weight excluding hydrogens is 791 g/mol. The van der Waals surface area contributed by atoms with E-state index < -0.39 is 127 Å². The van der Waals surface area contributed by atoms with E-state index in [0.29, 0.717) is 0 Å². The fourth-order valence-electron chi connectivity index (χ4n) is 6.97. The molecule has 0 unspecified atom stereocenters. The van der Waals surface area contributed by atoms with Crippen molar-refractivity contribution < 1.29 is 66.6 Å². The van der Waals surface area contributed by atoms with Crippen LogP contribution in [0.2, 0.25) is 0 Å². The van der Waals surface area contributed by atoms with Gasteiger partial charge in [0.05, 0.1) is 0 Å². The molecule has 0 aliphatic rings. The molecule has 0 heterocycles. The lowest BCUT2D eigenvalue weighted by Gasteiger charge is -2.21. The SMILES string of the molecule is Fc1c(F)c(OB(Oc2c(F)c(F)c(F)c3cc4c(F)cccc4cc23)Oc2c(F)c(F)c(F)c3cc4c(F)cccc4cc23)c2cc3cccc(F)c3cc2c1F. The molecule has 9 aromatic rings. The minimum atomic E-state index is -2.94. The Bertz CT molecular complexity index is 2920. The maximum atomic E-state index is 15.9. The van der Waals surface area contributed by atoms with Crippen LogP contribution in [0.15, 0.2) is 91.0 Å². The summed E-state index contributed by atoms with van der Waals surface area (Å²) in [6.45, 7) is 0. The summed E-state index contributed by atoms with van der Waals surface area (Å²) in [7, 11) is -2.94. The number of fused-ring (bicyclic) bond motifs is 6. The molecule has 9 rings (SSSR count). The molecular formula is C42H15BF12O3. The van der Waals surface area contributed by atoms with Crippen LogP contribution in [-0.4, -0.2) is 7.32 Å². The minimum absolute atomic E-state index is 0.0188. The molecule has 0 saturated carbocycles. The summed E-state index contributed by atoms with van der Waals surface area (Å²) in [5.41, 5.74) is 0. The molecule has 0 fully saturated rings. The van der Waals surface area contributed by atoms with Crippen LogP contribution in [0.25, 0.3) is 64.6 Å². The first-order valence-corrected chi connectivity index (χ1v) is 16.8. The summed E-state index contributed by atoms with van der Waals surface area (Å²) in [4.78, 5) is 0. The predicted octanol–water partition coefficient (Wildman–Crippen LogP) is 12.8. The third-order valence-electron chi connectivity index (χ3n) is 9.74. The van der Waals surface area contributed by atoms with Gasteiger partial charge >= 0.3 is 7.32 Å². The van der Waals surface area contributed by atoms with E-state index in [1.807, 2.05) is 0 Å². The Labute approximate surface area is 316 Å². The molecule has 0 aliphatic carbocycles. The second-order valence-corrected chi connectivity index (χ2v) is 13.0. The molecule has 0 aromatic heterocycles. The Morgan fingerprint density at radius 3 is 0.828 bits per heavy atom. The predicted molar refractivity (Wildman–Crippen MR) is 191 cm³/mol. The van der Waals surface area contributed by atoms with Gasteiger partial charge in [-0.2, -0.15) is 13.2 Å². The third kappa shape index (κ3) is 5.56. The molecule has 0 atom stereocenters. The van der Waals surface area contributed by atoms with Gasteiger partial charge in [-0.1, -0.05) is 36.4 Å². The highest BCUT2D eigenvalue weighted by molar-refractivity contribution is 6.40. The van der Waals surface area contributed by atoms with Gasteiger partial charge < -0.3 is 14.0 Å². The first kappa shape index (κ1) is 36.8. The molecule has 0 radical (unpaired) electrons. The quantitative estimate of drug-likeness (QED) is 0.0725. The Morgan fingerprint density at radius 1 is 0.276 bits per heavy atom. The van der Waals surface area contributed by atoms with Gasteiger partial charge in [0.1, 0.15) is 17.5 Å². The van der Waals surface area contributed by atoms with Crippen molar-refractivity contribution in [2.75, 3.05) is 0 Å². The summed E-state index contributed by atoms with van der Waals surface area (Å²) >= 11 is 0. The van der Waals surface area contributed by atoms with Crippen molar-refractivity contribution in [1.29, 1.82) is 0 Å². The average Bonchev–Trinajstić information content (AvgIpc) is 3.22. The Kier molecular flexibility index (Phi) is 8.49. The second kappa shape index (κ2) is 13.4. The smallest absolute Gasteiger partial charge is 0.486 e. The van der Waals surface area contributed by atoms with Gasteiger partial charge in [-0.25, -0.2) is 39.5 Å². The van der Waals surface area contributed by atoms with Crippen LogP contribution >= 0.6 is 0 Å². The van der Waals surface area contributed by atoms with Gasteiger partial charge in [0.15, 0.2) is 52.2 Å². The number of rotatable bonds is 6. The van der Waals surface area contributed by atoms with Gasteiger partial charge in [0.25, 0.3) is 0 Å². The van der Waals surface area contributed by atoms with Crippen molar-refractivity contribution in [2.45, 2.75) is 0 Å². The van der Waals surface area contributed by atoms with Crippen molar-refractivity contribution in [1.82, 2.24) is 0 Å². The van der Waals surface area contributed by atoms with E-state index in [1.165, 1.54) is 36.4 Å². The van der Waals surface area contributed by atoms with E-state index >= 15 is 39.5 Å². The van der Waals surface area contributed by atoms with E-state index in [9.17, 15) is 13.2 Å². The average molecular weight is 806 g/mol. The van der Waals surface area contributed by atoms with Crippen LogP contribution in [0.1, 0.15) is 0 Å². The van der Waals surface area contributed by atoms with Gasteiger partial charge in [-0.05, 0) is 70.8 Å². The highest BCUT2D eigenvalue weighted by Gasteiger charge is 2.39. The summed E-state index contributed by atoms with van der Waals surface area (Å²) in [5, 5.41) is -5.15. The van der Waals surface area contributed by atoms with Crippen LogP contribution in [0.3, 0.4) is 0 Å². The lowest BCUT2D eigenvalue weighted by molar-refractivity contribution is 0.283. The molecule has 9 aromatic carbocycles. The molecule has 0 N–H and O–H groups in total. The van der Waals surface area contributed by atoms with Gasteiger partial charge in [0, 0.05) is 48.5 Å². The Morgan fingerprint density at radius 2 is 0.552 bits per heavy atom. The first-order chi connectivity index (χ1) is 27.7. The molecule has 0 saturated heterocycles.